The molecule has 0 fully saturated rings. The average Bonchev–Trinajstić information content (AvgIpc) is 2.70. The molecule has 1 aromatic carbocycles. The first-order chi connectivity index (χ1) is 10.0. The van der Waals surface area contributed by atoms with Crippen LogP contribution in [0.3, 0.4) is 0 Å². The van der Waals surface area contributed by atoms with Gasteiger partial charge in [0.05, 0.1) is 11.1 Å². The van der Waals surface area contributed by atoms with Gasteiger partial charge in [-0.3, -0.25) is 14.5 Å². The van der Waals surface area contributed by atoms with Crippen LogP contribution in [0.4, 0.5) is 0 Å². The van der Waals surface area contributed by atoms with E-state index < -0.39 is 0 Å². The summed E-state index contributed by atoms with van der Waals surface area (Å²) in [5, 5.41) is 0. The third-order valence-corrected chi connectivity index (χ3v) is 3.73. The standard InChI is InChI=1S/C16H23N3O2/c1-17(2)11-12-18(3)9-6-10-19-15(20)13-7-4-5-8-14(13)16(19)21/h4-5,7-8H,6,9-12H2,1-3H3. The van der Waals surface area contributed by atoms with Crippen LogP contribution >= 0.6 is 0 Å². The fourth-order valence-electron chi connectivity index (χ4n) is 2.42. The van der Waals surface area contributed by atoms with E-state index in [2.05, 4.69) is 16.8 Å². The van der Waals surface area contributed by atoms with Crippen molar-refractivity contribution in [3.8, 4) is 0 Å². The van der Waals surface area contributed by atoms with Crippen molar-refractivity contribution in [3.63, 3.8) is 0 Å². The van der Waals surface area contributed by atoms with Crippen LogP contribution in [-0.2, 0) is 0 Å². The Morgan fingerprint density at radius 3 is 2.00 bits per heavy atom. The second kappa shape index (κ2) is 6.83. The van der Waals surface area contributed by atoms with E-state index in [-0.39, 0.29) is 11.8 Å². The van der Waals surface area contributed by atoms with Crippen LogP contribution in [0.1, 0.15) is 27.1 Å². The SMILES string of the molecule is CN(C)CCN(C)CCCN1C(=O)c2ccccc2C1=O. The van der Waals surface area contributed by atoms with Crippen molar-refractivity contribution >= 4 is 11.8 Å². The maximum atomic E-state index is 12.2. The van der Waals surface area contributed by atoms with Gasteiger partial charge in [-0.25, -0.2) is 0 Å². The molecular formula is C16H23N3O2. The maximum absolute atomic E-state index is 12.2. The lowest BCUT2D eigenvalue weighted by Crippen LogP contribution is -2.34. The number of hydrogen-bond donors (Lipinski definition) is 0. The van der Waals surface area contributed by atoms with Crippen LogP contribution in [0.15, 0.2) is 24.3 Å². The van der Waals surface area contributed by atoms with Gasteiger partial charge in [0.25, 0.3) is 11.8 Å². The number of carbonyl (C=O) groups excluding carboxylic acids is 2. The predicted octanol–water partition coefficient (Wildman–Crippen LogP) is 1.17. The van der Waals surface area contributed by atoms with Crippen molar-refractivity contribution in [2.24, 2.45) is 0 Å². The molecule has 2 rings (SSSR count). The first kappa shape index (κ1) is 15.7. The minimum absolute atomic E-state index is 0.161. The predicted molar refractivity (Wildman–Crippen MR) is 82.5 cm³/mol. The largest absolute Gasteiger partial charge is 0.308 e. The van der Waals surface area contributed by atoms with Gasteiger partial charge in [-0.1, -0.05) is 12.1 Å². The fraction of sp³-hybridized carbons (Fsp3) is 0.500. The molecule has 0 aliphatic carbocycles. The molecule has 0 saturated heterocycles. The summed E-state index contributed by atoms with van der Waals surface area (Å²) in [5.74, 6) is -0.321. The highest BCUT2D eigenvalue weighted by Crippen LogP contribution is 2.22. The van der Waals surface area contributed by atoms with E-state index in [4.69, 9.17) is 0 Å². The number of imide groups is 1. The van der Waals surface area contributed by atoms with E-state index in [0.29, 0.717) is 17.7 Å². The summed E-state index contributed by atoms with van der Waals surface area (Å²) in [6, 6.07) is 7.03. The molecule has 0 aromatic heterocycles. The van der Waals surface area contributed by atoms with Gasteiger partial charge in [0.1, 0.15) is 0 Å². The summed E-state index contributed by atoms with van der Waals surface area (Å²) in [7, 11) is 6.16. The summed E-state index contributed by atoms with van der Waals surface area (Å²) in [6.07, 6.45) is 0.801. The summed E-state index contributed by atoms with van der Waals surface area (Å²) >= 11 is 0. The molecule has 0 saturated carbocycles. The minimum atomic E-state index is -0.161. The summed E-state index contributed by atoms with van der Waals surface area (Å²) in [5.41, 5.74) is 1.06. The molecule has 0 spiro atoms. The summed E-state index contributed by atoms with van der Waals surface area (Å²) in [4.78, 5) is 30.1. The smallest absolute Gasteiger partial charge is 0.261 e. The van der Waals surface area contributed by atoms with E-state index >= 15 is 0 Å². The Morgan fingerprint density at radius 2 is 1.48 bits per heavy atom. The van der Waals surface area contributed by atoms with Gasteiger partial charge < -0.3 is 9.80 Å². The third kappa shape index (κ3) is 3.68. The zero-order valence-corrected chi connectivity index (χ0v) is 13.0. The molecule has 2 amide bonds. The quantitative estimate of drug-likeness (QED) is 0.707. The number of nitrogens with zero attached hydrogens (tertiary/aromatic N) is 3. The Hall–Kier alpha value is -1.72. The van der Waals surface area contributed by atoms with Crippen molar-refractivity contribution in [3.05, 3.63) is 35.4 Å². The van der Waals surface area contributed by atoms with Crippen LogP contribution in [0, 0.1) is 0 Å². The Balaban J connectivity index is 1.83. The number of amides is 2. The molecule has 1 aliphatic heterocycles. The van der Waals surface area contributed by atoms with Gasteiger partial charge in [0, 0.05) is 19.6 Å². The second-order valence-corrected chi connectivity index (χ2v) is 5.77. The van der Waals surface area contributed by atoms with Gasteiger partial charge in [-0.05, 0) is 46.2 Å². The molecule has 0 radical (unpaired) electrons. The molecule has 114 valence electrons. The molecule has 5 heteroatoms. The monoisotopic (exact) mass is 289 g/mol. The zero-order chi connectivity index (χ0) is 15.4. The van der Waals surface area contributed by atoms with Gasteiger partial charge in [0.15, 0.2) is 0 Å². The highest BCUT2D eigenvalue weighted by atomic mass is 16.2. The summed E-state index contributed by atoms with van der Waals surface area (Å²) in [6.45, 7) is 3.35. The van der Waals surface area contributed by atoms with Crippen molar-refractivity contribution in [2.45, 2.75) is 6.42 Å². The van der Waals surface area contributed by atoms with Gasteiger partial charge in [0.2, 0.25) is 0 Å². The van der Waals surface area contributed by atoms with Crippen LogP contribution in [0.25, 0.3) is 0 Å². The van der Waals surface area contributed by atoms with Gasteiger partial charge in [-0.2, -0.15) is 0 Å². The molecule has 0 unspecified atom stereocenters. The topological polar surface area (TPSA) is 43.9 Å². The average molecular weight is 289 g/mol. The third-order valence-electron chi connectivity index (χ3n) is 3.73. The van der Waals surface area contributed by atoms with E-state index in [1.165, 1.54) is 4.90 Å². The van der Waals surface area contributed by atoms with Crippen molar-refractivity contribution in [1.82, 2.24) is 14.7 Å². The Bertz CT molecular complexity index is 493. The molecule has 1 aromatic rings. The molecule has 1 aliphatic rings. The Labute approximate surface area is 126 Å². The van der Waals surface area contributed by atoms with Crippen LogP contribution in [0.5, 0.6) is 0 Å². The lowest BCUT2D eigenvalue weighted by atomic mass is 10.1. The van der Waals surface area contributed by atoms with Crippen molar-refractivity contribution in [1.29, 1.82) is 0 Å². The molecule has 0 atom stereocenters. The highest BCUT2D eigenvalue weighted by Gasteiger charge is 2.34. The Morgan fingerprint density at radius 1 is 0.905 bits per heavy atom. The summed E-state index contributed by atoms with van der Waals surface area (Å²) < 4.78 is 0. The van der Waals surface area contributed by atoms with Gasteiger partial charge >= 0.3 is 0 Å². The first-order valence-electron chi connectivity index (χ1n) is 7.29. The van der Waals surface area contributed by atoms with E-state index in [1.807, 2.05) is 14.1 Å². The number of rotatable bonds is 7. The lowest BCUT2D eigenvalue weighted by Gasteiger charge is -2.20. The van der Waals surface area contributed by atoms with E-state index in [0.717, 1.165) is 26.1 Å². The Kier molecular flexibility index (Phi) is 5.09. The number of carbonyl (C=O) groups is 2. The molecule has 1 heterocycles. The normalized spacial score (nSPS) is 14.4. The van der Waals surface area contributed by atoms with Crippen molar-refractivity contribution < 1.29 is 9.59 Å². The van der Waals surface area contributed by atoms with Crippen LogP contribution in [0.2, 0.25) is 0 Å². The van der Waals surface area contributed by atoms with Crippen LogP contribution in [-0.4, -0.2) is 73.8 Å². The van der Waals surface area contributed by atoms with E-state index in [9.17, 15) is 9.59 Å². The molecule has 0 bridgehead atoms. The maximum Gasteiger partial charge on any atom is 0.261 e. The zero-order valence-electron chi connectivity index (χ0n) is 13.0. The van der Waals surface area contributed by atoms with Gasteiger partial charge in [-0.15, -0.1) is 0 Å². The molecular weight excluding hydrogens is 266 g/mol. The second-order valence-electron chi connectivity index (χ2n) is 5.77. The number of fused-ring (bicyclic) bond motifs is 1. The molecule has 5 nitrogen and oxygen atoms in total. The minimum Gasteiger partial charge on any atom is -0.308 e. The first-order valence-corrected chi connectivity index (χ1v) is 7.29. The molecule has 21 heavy (non-hydrogen) atoms. The number of hydrogen-bond acceptors (Lipinski definition) is 4. The van der Waals surface area contributed by atoms with E-state index in [1.54, 1.807) is 24.3 Å². The lowest BCUT2D eigenvalue weighted by molar-refractivity contribution is 0.0648. The highest BCUT2D eigenvalue weighted by molar-refractivity contribution is 6.21. The van der Waals surface area contributed by atoms with Crippen LogP contribution < -0.4 is 0 Å². The fourth-order valence-corrected chi connectivity index (χ4v) is 2.42. The molecule has 0 N–H and O–H groups in total. The number of likely N-dealkylation sites (N-methyl/N-ethyl adjacent to an activating group) is 2. The van der Waals surface area contributed by atoms with Crippen molar-refractivity contribution in [2.75, 3.05) is 47.3 Å². The number of benzene rings is 1.